The van der Waals surface area contributed by atoms with Crippen LogP contribution in [0.3, 0.4) is 0 Å². The minimum absolute atomic E-state index is 0.0291. The molecule has 0 fully saturated rings. The van der Waals surface area contributed by atoms with E-state index in [4.69, 9.17) is 9.47 Å². The second-order valence-electron chi connectivity index (χ2n) is 9.08. The molecule has 7 heteroatoms. The fourth-order valence-corrected chi connectivity index (χ4v) is 5.34. The average molecular weight is 493 g/mol. The smallest absolute Gasteiger partial charge is 0.260 e. The zero-order valence-corrected chi connectivity index (χ0v) is 21.3. The molecule has 0 spiro atoms. The molecule has 4 rings (SSSR count). The number of carbonyl (C=O) groups excluding carboxylic acids is 2. The lowest BCUT2D eigenvalue weighted by Gasteiger charge is -2.38. The molecule has 1 atom stereocenters. The highest BCUT2D eigenvalue weighted by Gasteiger charge is 2.34. The Kier molecular flexibility index (Phi) is 8.08. The van der Waals surface area contributed by atoms with Crippen molar-refractivity contribution in [1.82, 2.24) is 9.80 Å². The van der Waals surface area contributed by atoms with E-state index in [0.717, 1.165) is 23.3 Å². The van der Waals surface area contributed by atoms with Gasteiger partial charge in [0.15, 0.2) is 6.61 Å². The SMILES string of the molecule is COc1ccc(C2c3ccsc3CCN2C(=O)CN(CC(C)C)C(=O)COc2ccccc2)cc1. The molecule has 1 aliphatic heterocycles. The van der Waals surface area contributed by atoms with E-state index in [1.807, 2.05) is 73.3 Å². The molecule has 2 amide bonds. The van der Waals surface area contributed by atoms with Crippen molar-refractivity contribution in [2.75, 3.05) is 33.4 Å². The van der Waals surface area contributed by atoms with E-state index in [1.165, 1.54) is 4.88 Å². The third-order valence-corrected chi connectivity index (χ3v) is 7.08. The van der Waals surface area contributed by atoms with Gasteiger partial charge in [-0.1, -0.05) is 44.2 Å². The summed E-state index contributed by atoms with van der Waals surface area (Å²) in [6, 6.07) is 19.1. The maximum absolute atomic E-state index is 13.7. The zero-order chi connectivity index (χ0) is 24.8. The number of nitrogens with zero attached hydrogens (tertiary/aromatic N) is 2. The molecule has 1 aliphatic rings. The van der Waals surface area contributed by atoms with Crippen molar-refractivity contribution in [3.63, 3.8) is 0 Å². The van der Waals surface area contributed by atoms with Gasteiger partial charge in [0.1, 0.15) is 11.5 Å². The van der Waals surface area contributed by atoms with E-state index in [9.17, 15) is 9.59 Å². The summed E-state index contributed by atoms with van der Waals surface area (Å²) in [5, 5.41) is 2.09. The lowest BCUT2D eigenvalue weighted by Crippen LogP contribution is -2.48. The highest BCUT2D eigenvalue weighted by Crippen LogP contribution is 2.38. The molecule has 3 aromatic rings. The number of para-hydroxylation sites is 1. The van der Waals surface area contributed by atoms with Gasteiger partial charge in [0.05, 0.1) is 19.7 Å². The van der Waals surface area contributed by atoms with Crippen molar-refractivity contribution < 1.29 is 19.1 Å². The van der Waals surface area contributed by atoms with Gasteiger partial charge in [-0.3, -0.25) is 9.59 Å². The van der Waals surface area contributed by atoms with E-state index in [2.05, 4.69) is 11.4 Å². The first kappa shape index (κ1) is 24.8. The van der Waals surface area contributed by atoms with Crippen LogP contribution in [-0.4, -0.2) is 55.0 Å². The van der Waals surface area contributed by atoms with E-state index < -0.39 is 0 Å². The van der Waals surface area contributed by atoms with Crippen LogP contribution in [0.15, 0.2) is 66.0 Å². The first-order chi connectivity index (χ1) is 17.0. The van der Waals surface area contributed by atoms with Crippen LogP contribution in [0, 0.1) is 5.92 Å². The van der Waals surface area contributed by atoms with Crippen LogP contribution < -0.4 is 9.47 Å². The van der Waals surface area contributed by atoms with Crippen molar-refractivity contribution in [2.24, 2.45) is 5.92 Å². The lowest BCUT2D eigenvalue weighted by molar-refractivity contribution is -0.143. The molecule has 0 aliphatic carbocycles. The molecular weight excluding hydrogens is 460 g/mol. The van der Waals surface area contributed by atoms with E-state index >= 15 is 0 Å². The summed E-state index contributed by atoms with van der Waals surface area (Å²) in [4.78, 5) is 31.6. The molecule has 0 N–H and O–H groups in total. The van der Waals surface area contributed by atoms with Gasteiger partial charge in [-0.25, -0.2) is 0 Å². The molecule has 2 aromatic carbocycles. The van der Waals surface area contributed by atoms with Gasteiger partial charge in [-0.15, -0.1) is 11.3 Å². The number of hydrogen-bond acceptors (Lipinski definition) is 5. The second-order valence-corrected chi connectivity index (χ2v) is 10.1. The van der Waals surface area contributed by atoms with Crippen molar-refractivity contribution in [1.29, 1.82) is 0 Å². The Bertz CT molecular complexity index is 1130. The molecular formula is C28H32N2O4S. The number of methoxy groups -OCH3 is 1. The molecule has 0 saturated heterocycles. The van der Waals surface area contributed by atoms with Crippen LogP contribution in [-0.2, 0) is 16.0 Å². The predicted molar refractivity (Wildman–Crippen MR) is 138 cm³/mol. The largest absolute Gasteiger partial charge is 0.497 e. The first-order valence-electron chi connectivity index (χ1n) is 11.9. The third kappa shape index (κ3) is 6.03. The Morgan fingerprint density at radius 3 is 2.49 bits per heavy atom. The highest BCUT2D eigenvalue weighted by molar-refractivity contribution is 7.10. The van der Waals surface area contributed by atoms with Crippen LogP contribution in [0.25, 0.3) is 0 Å². The summed E-state index contributed by atoms with van der Waals surface area (Å²) in [5.74, 6) is 1.39. The number of rotatable bonds is 9. The molecule has 1 unspecified atom stereocenters. The highest BCUT2D eigenvalue weighted by atomic mass is 32.1. The number of hydrogen-bond donors (Lipinski definition) is 0. The molecule has 6 nitrogen and oxygen atoms in total. The maximum Gasteiger partial charge on any atom is 0.260 e. The fourth-order valence-electron chi connectivity index (χ4n) is 4.43. The van der Waals surface area contributed by atoms with Gasteiger partial charge < -0.3 is 19.3 Å². The van der Waals surface area contributed by atoms with Crippen LogP contribution >= 0.6 is 11.3 Å². The van der Waals surface area contributed by atoms with Crippen molar-refractivity contribution in [3.05, 3.63) is 82.0 Å². The predicted octanol–water partition coefficient (Wildman–Crippen LogP) is 4.79. The van der Waals surface area contributed by atoms with Gasteiger partial charge >= 0.3 is 0 Å². The number of amides is 2. The minimum atomic E-state index is -0.190. The summed E-state index contributed by atoms with van der Waals surface area (Å²) in [6.07, 6.45) is 0.820. The van der Waals surface area contributed by atoms with Gasteiger partial charge in [0.2, 0.25) is 5.91 Å². The number of benzene rings is 2. The van der Waals surface area contributed by atoms with E-state index in [1.54, 1.807) is 23.3 Å². The second kappa shape index (κ2) is 11.4. The van der Waals surface area contributed by atoms with Crippen molar-refractivity contribution in [2.45, 2.75) is 26.3 Å². The van der Waals surface area contributed by atoms with Gasteiger partial charge in [-0.05, 0) is 59.2 Å². The standard InChI is InChI=1S/C28H32N2O4S/c1-20(2)17-29(27(32)19-34-23-7-5-4-6-8-23)18-26(31)30-15-13-25-24(14-16-35-25)28(30)21-9-11-22(33-3)12-10-21/h4-12,14,16,20,28H,13,15,17-19H2,1-3H3. The van der Waals surface area contributed by atoms with Crippen LogP contribution in [0.1, 0.15) is 35.9 Å². The van der Waals surface area contributed by atoms with Crippen LogP contribution in [0.4, 0.5) is 0 Å². The normalized spacial score (nSPS) is 15.0. The minimum Gasteiger partial charge on any atom is -0.497 e. The summed E-state index contributed by atoms with van der Waals surface area (Å²) in [5.41, 5.74) is 2.20. The maximum atomic E-state index is 13.7. The number of thiophene rings is 1. The van der Waals surface area contributed by atoms with Crippen LogP contribution in [0.5, 0.6) is 11.5 Å². The molecule has 0 radical (unpaired) electrons. The van der Waals surface area contributed by atoms with E-state index in [0.29, 0.717) is 18.8 Å². The first-order valence-corrected chi connectivity index (χ1v) is 12.8. The molecule has 0 bridgehead atoms. The van der Waals surface area contributed by atoms with Crippen molar-refractivity contribution >= 4 is 23.2 Å². The zero-order valence-electron chi connectivity index (χ0n) is 20.5. The Hall–Kier alpha value is -3.32. The molecule has 35 heavy (non-hydrogen) atoms. The average Bonchev–Trinajstić information content (AvgIpc) is 3.35. The molecule has 0 saturated carbocycles. The summed E-state index contributed by atoms with van der Waals surface area (Å²) in [7, 11) is 1.64. The monoisotopic (exact) mass is 492 g/mol. The Morgan fingerprint density at radius 1 is 1.06 bits per heavy atom. The summed E-state index contributed by atoms with van der Waals surface area (Å²) in [6.45, 7) is 5.13. The van der Waals surface area contributed by atoms with Crippen molar-refractivity contribution in [3.8, 4) is 11.5 Å². The quantitative estimate of drug-likeness (QED) is 0.431. The van der Waals surface area contributed by atoms with Gasteiger partial charge in [0, 0.05) is 18.0 Å². The Labute approximate surface area is 211 Å². The Balaban J connectivity index is 1.52. The molecule has 1 aromatic heterocycles. The Morgan fingerprint density at radius 2 is 1.80 bits per heavy atom. The topological polar surface area (TPSA) is 59.1 Å². The van der Waals surface area contributed by atoms with Gasteiger partial charge in [0.25, 0.3) is 5.91 Å². The number of carbonyl (C=O) groups is 2. The van der Waals surface area contributed by atoms with Gasteiger partial charge in [-0.2, -0.15) is 0 Å². The summed E-state index contributed by atoms with van der Waals surface area (Å²) < 4.78 is 11.0. The molecule has 2 heterocycles. The number of ether oxygens (including phenoxy) is 2. The fraction of sp³-hybridized carbons (Fsp3) is 0.357. The summed E-state index contributed by atoms with van der Waals surface area (Å²) >= 11 is 1.73. The lowest BCUT2D eigenvalue weighted by atomic mass is 9.93. The van der Waals surface area contributed by atoms with Crippen LogP contribution in [0.2, 0.25) is 0 Å². The third-order valence-electron chi connectivity index (χ3n) is 6.09. The number of fused-ring (bicyclic) bond motifs is 1. The molecule has 184 valence electrons. The van der Waals surface area contributed by atoms with E-state index in [-0.39, 0.29) is 36.9 Å².